The lowest BCUT2D eigenvalue weighted by Crippen LogP contribution is -2.49. The van der Waals surface area contributed by atoms with E-state index in [4.69, 9.17) is 0 Å². The monoisotopic (exact) mass is 325 g/mol. The van der Waals surface area contributed by atoms with Gasteiger partial charge in [0, 0.05) is 46.3 Å². The van der Waals surface area contributed by atoms with Crippen LogP contribution in [-0.4, -0.2) is 68.2 Å². The van der Waals surface area contributed by atoms with Crippen LogP contribution in [-0.2, 0) is 10.0 Å². The Morgan fingerprint density at radius 1 is 1.14 bits per heavy atom. The Kier molecular flexibility index (Phi) is 3.98. The van der Waals surface area contributed by atoms with Crippen LogP contribution in [0.1, 0.15) is 18.7 Å². The van der Waals surface area contributed by atoms with E-state index in [0.29, 0.717) is 26.2 Å². The molecule has 0 radical (unpaired) electrons. The molecule has 1 aromatic rings. The first-order chi connectivity index (χ1) is 10.4. The molecular formula is C14H23N5O2S. The molecule has 122 valence electrons. The third-order valence-electron chi connectivity index (χ3n) is 4.14. The van der Waals surface area contributed by atoms with Crippen molar-refractivity contribution in [2.24, 2.45) is 0 Å². The van der Waals surface area contributed by atoms with E-state index < -0.39 is 10.0 Å². The molecule has 0 unspecified atom stereocenters. The summed E-state index contributed by atoms with van der Waals surface area (Å²) in [4.78, 5) is 13.0. The maximum Gasteiger partial charge on any atom is 0.217 e. The molecule has 1 saturated heterocycles. The van der Waals surface area contributed by atoms with Crippen molar-refractivity contribution in [2.75, 3.05) is 50.1 Å². The number of hydrogen-bond acceptors (Lipinski definition) is 6. The standard InChI is InChI=1S/C14H23N5O2S/c1-11-15-13(17(2)3)10-14(16-11)18-6-8-19(9-7-18)22(20,21)12-4-5-12/h10,12H,4-9H2,1-3H3. The van der Waals surface area contributed by atoms with Gasteiger partial charge in [-0.2, -0.15) is 4.31 Å². The summed E-state index contributed by atoms with van der Waals surface area (Å²) in [6.45, 7) is 4.31. The summed E-state index contributed by atoms with van der Waals surface area (Å²) in [6.07, 6.45) is 1.64. The summed E-state index contributed by atoms with van der Waals surface area (Å²) in [5.74, 6) is 2.48. The average molecular weight is 325 g/mol. The summed E-state index contributed by atoms with van der Waals surface area (Å²) < 4.78 is 26.2. The van der Waals surface area contributed by atoms with Gasteiger partial charge in [-0.05, 0) is 19.8 Å². The fourth-order valence-electron chi connectivity index (χ4n) is 2.68. The lowest BCUT2D eigenvalue weighted by Gasteiger charge is -2.35. The van der Waals surface area contributed by atoms with Gasteiger partial charge in [0.2, 0.25) is 10.0 Å². The van der Waals surface area contributed by atoms with Crippen molar-refractivity contribution in [3.05, 3.63) is 11.9 Å². The molecule has 7 nitrogen and oxygen atoms in total. The van der Waals surface area contributed by atoms with Crippen LogP contribution in [0.2, 0.25) is 0 Å². The maximum absolute atomic E-state index is 12.3. The minimum atomic E-state index is -3.06. The van der Waals surface area contributed by atoms with Crippen molar-refractivity contribution >= 4 is 21.7 Å². The predicted octanol–water partition coefficient (Wildman–Crippen LogP) is 0.465. The fraction of sp³-hybridized carbons (Fsp3) is 0.714. The van der Waals surface area contributed by atoms with Gasteiger partial charge >= 0.3 is 0 Å². The Morgan fingerprint density at radius 3 is 2.32 bits per heavy atom. The Labute approximate surface area is 132 Å². The van der Waals surface area contributed by atoms with Gasteiger partial charge in [-0.1, -0.05) is 0 Å². The summed E-state index contributed by atoms with van der Waals surface area (Å²) in [5, 5.41) is -0.124. The molecule has 8 heteroatoms. The fourth-order valence-corrected chi connectivity index (χ4v) is 4.50. The number of sulfonamides is 1. The SMILES string of the molecule is Cc1nc(N(C)C)cc(N2CCN(S(=O)(=O)C3CC3)CC2)n1. The molecule has 1 aliphatic heterocycles. The normalized spacial score (nSPS) is 20.2. The first kappa shape index (κ1) is 15.5. The predicted molar refractivity (Wildman–Crippen MR) is 86.8 cm³/mol. The minimum Gasteiger partial charge on any atom is -0.363 e. The van der Waals surface area contributed by atoms with Crippen LogP contribution >= 0.6 is 0 Å². The van der Waals surface area contributed by atoms with E-state index in [1.807, 2.05) is 32.0 Å². The number of nitrogens with zero attached hydrogens (tertiary/aromatic N) is 5. The molecule has 1 saturated carbocycles. The van der Waals surface area contributed by atoms with E-state index in [1.165, 1.54) is 0 Å². The van der Waals surface area contributed by atoms with Gasteiger partial charge in [0.05, 0.1) is 5.25 Å². The smallest absolute Gasteiger partial charge is 0.217 e. The molecule has 0 aromatic carbocycles. The molecule has 0 atom stereocenters. The topological polar surface area (TPSA) is 69.6 Å². The first-order valence-corrected chi connectivity index (χ1v) is 9.15. The molecule has 1 aliphatic carbocycles. The van der Waals surface area contributed by atoms with Crippen LogP contribution in [0.3, 0.4) is 0 Å². The minimum absolute atomic E-state index is 0.124. The molecular weight excluding hydrogens is 302 g/mol. The van der Waals surface area contributed by atoms with Crippen LogP contribution < -0.4 is 9.80 Å². The summed E-state index contributed by atoms with van der Waals surface area (Å²) in [7, 11) is 0.842. The largest absolute Gasteiger partial charge is 0.363 e. The third kappa shape index (κ3) is 3.03. The molecule has 2 fully saturated rings. The Hall–Kier alpha value is -1.41. The van der Waals surface area contributed by atoms with Gasteiger partial charge in [0.1, 0.15) is 17.5 Å². The van der Waals surface area contributed by atoms with Crippen molar-refractivity contribution in [1.82, 2.24) is 14.3 Å². The van der Waals surface area contributed by atoms with Crippen LogP contribution in [0.25, 0.3) is 0 Å². The summed E-state index contributed by atoms with van der Waals surface area (Å²) in [6, 6.07) is 1.96. The van der Waals surface area contributed by atoms with E-state index in [-0.39, 0.29) is 5.25 Å². The highest BCUT2D eigenvalue weighted by Crippen LogP contribution is 2.31. The van der Waals surface area contributed by atoms with Crippen LogP contribution in [0.15, 0.2) is 6.07 Å². The van der Waals surface area contributed by atoms with E-state index in [2.05, 4.69) is 14.9 Å². The van der Waals surface area contributed by atoms with Crippen LogP contribution in [0.4, 0.5) is 11.6 Å². The lowest BCUT2D eigenvalue weighted by molar-refractivity contribution is 0.383. The molecule has 3 rings (SSSR count). The van der Waals surface area contributed by atoms with Crippen molar-refractivity contribution in [3.63, 3.8) is 0 Å². The van der Waals surface area contributed by atoms with E-state index in [1.54, 1.807) is 4.31 Å². The molecule has 2 aliphatic rings. The Morgan fingerprint density at radius 2 is 1.77 bits per heavy atom. The van der Waals surface area contributed by atoms with Crippen LogP contribution in [0.5, 0.6) is 0 Å². The number of hydrogen-bond donors (Lipinski definition) is 0. The maximum atomic E-state index is 12.3. The van der Waals surface area contributed by atoms with E-state index in [0.717, 1.165) is 30.3 Å². The van der Waals surface area contributed by atoms with E-state index >= 15 is 0 Å². The Bertz CT molecular complexity index is 649. The van der Waals surface area contributed by atoms with Gasteiger partial charge in [-0.3, -0.25) is 0 Å². The zero-order chi connectivity index (χ0) is 15.9. The number of piperazine rings is 1. The van der Waals surface area contributed by atoms with Crippen molar-refractivity contribution in [2.45, 2.75) is 25.0 Å². The Balaban J connectivity index is 1.71. The molecule has 0 amide bonds. The lowest BCUT2D eigenvalue weighted by atomic mass is 10.3. The van der Waals surface area contributed by atoms with Crippen molar-refractivity contribution in [3.8, 4) is 0 Å². The molecule has 22 heavy (non-hydrogen) atoms. The summed E-state index contributed by atoms with van der Waals surface area (Å²) >= 11 is 0. The molecule has 0 spiro atoms. The highest BCUT2D eigenvalue weighted by atomic mass is 32.2. The number of anilines is 2. The van der Waals surface area contributed by atoms with Gasteiger partial charge in [-0.25, -0.2) is 18.4 Å². The third-order valence-corrected chi connectivity index (χ3v) is 6.54. The van der Waals surface area contributed by atoms with Gasteiger partial charge in [0.15, 0.2) is 0 Å². The van der Waals surface area contributed by atoms with Crippen molar-refractivity contribution in [1.29, 1.82) is 0 Å². The second-order valence-electron chi connectivity index (χ2n) is 6.16. The number of rotatable bonds is 4. The second-order valence-corrected chi connectivity index (χ2v) is 8.37. The van der Waals surface area contributed by atoms with Crippen molar-refractivity contribution < 1.29 is 8.42 Å². The van der Waals surface area contributed by atoms with Gasteiger partial charge in [0.25, 0.3) is 0 Å². The molecule has 0 bridgehead atoms. The highest BCUT2D eigenvalue weighted by molar-refractivity contribution is 7.90. The zero-order valence-corrected chi connectivity index (χ0v) is 14.2. The highest BCUT2D eigenvalue weighted by Gasteiger charge is 2.41. The van der Waals surface area contributed by atoms with E-state index in [9.17, 15) is 8.42 Å². The van der Waals surface area contributed by atoms with Gasteiger partial charge in [-0.15, -0.1) is 0 Å². The second kappa shape index (κ2) is 5.66. The van der Waals surface area contributed by atoms with Crippen LogP contribution in [0, 0.1) is 6.92 Å². The summed E-state index contributed by atoms with van der Waals surface area (Å²) in [5.41, 5.74) is 0. The van der Waals surface area contributed by atoms with Gasteiger partial charge < -0.3 is 9.80 Å². The molecule has 2 heterocycles. The molecule has 1 aromatic heterocycles. The first-order valence-electron chi connectivity index (χ1n) is 7.65. The zero-order valence-electron chi connectivity index (χ0n) is 13.4. The number of aryl methyl sites for hydroxylation is 1. The quantitative estimate of drug-likeness (QED) is 0.801. The number of aromatic nitrogens is 2. The average Bonchev–Trinajstić information content (AvgIpc) is 3.31. The molecule has 0 N–H and O–H groups in total.